The number of carbonyl (C=O) groups is 1. The first kappa shape index (κ1) is 14.2. The number of ether oxygens (including phenoxy) is 1. The van der Waals surface area contributed by atoms with Crippen LogP contribution in [-0.2, 0) is 4.74 Å². The summed E-state index contributed by atoms with van der Waals surface area (Å²) in [5, 5.41) is 3.88. The Labute approximate surface area is 124 Å². The number of amides is 1. The van der Waals surface area contributed by atoms with Gasteiger partial charge in [0, 0.05) is 9.86 Å². The average molecular weight is 347 g/mol. The van der Waals surface area contributed by atoms with Crippen LogP contribution in [0.3, 0.4) is 0 Å². The highest BCUT2D eigenvalue weighted by atomic mass is 79.9. The Balaban J connectivity index is 2.35. The molecule has 19 heavy (non-hydrogen) atoms. The van der Waals surface area contributed by atoms with E-state index in [4.69, 9.17) is 20.8 Å². The highest BCUT2D eigenvalue weighted by Crippen LogP contribution is 2.37. The second kappa shape index (κ2) is 5.06. The molecule has 4 nitrogen and oxygen atoms in total. The molecular formula is C13H13BrClNO3. The molecule has 2 rings (SSSR count). The van der Waals surface area contributed by atoms with E-state index < -0.39 is 11.7 Å². The summed E-state index contributed by atoms with van der Waals surface area (Å²) in [6.45, 7) is 5.41. The Kier molecular flexibility index (Phi) is 3.78. The van der Waals surface area contributed by atoms with Crippen molar-refractivity contribution in [2.75, 3.05) is 5.32 Å². The molecule has 0 spiro atoms. The van der Waals surface area contributed by atoms with Crippen LogP contribution in [0.1, 0.15) is 20.8 Å². The molecular weight excluding hydrogens is 334 g/mol. The van der Waals surface area contributed by atoms with Gasteiger partial charge in [-0.1, -0.05) is 11.6 Å². The van der Waals surface area contributed by atoms with Gasteiger partial charge in [0.2, 0.25) is 0 Å². The lowest BCUT2D eigenvalue weighted by atomic mass is 10.2. The number of hydrogen-bond acceptors (Lipinski definition) is 3. The van der Waals surface area contributed by atoms with Crippen molar-refractivity contribution in [3.63, 3.8) is 0 Å². The minimum atomic E-state index is -0.557. The first-order valence-corrected chi connectivity index (χ1v) is 6.80. The molecule has 0 fully saturated rings. The van der Waals surface area contributed by atoms with Crippen LogP contribution in [-0.4, -0.2) is 11.7 Å². The van der Waals surface area contributed by atoms with Gasteiger partial charge >= 0.3 is 6.09 Å². The van der Waals surface area contributed by atoms with Gasteiger partial charge < -0.3 is 9.15 Å². The third-order valence-corrected chi connectivity index (χ3v) is 3.18. The fourth-order valence-electron chi connectivity index (χ4n) is 1.60. The van der Waals surface area contributed by atoms with Crippen molar-refractivity contribution in [3.05, 3.63) is 27.9 Å². The first-order chi connectivity index (χ1) is 8.78. The maximum atomic E-state index is 11.8. The Morgan fingerprint density at radius 3 is 2.79 bits per heavy atom. The van der Waals surface area contributed by atoms with E-state index in [0.29, 0.717) is 26.2 Å². The van der Waals surface area contributed by atoms with Crippen molar-refractivity contribution in [2.24, 2.45) is 0 Å². The van der Waals surface area contributed by atoms with Crippen molar-refractivity contribution in [1.29, 1.82) is 0 Å². The molecule has 0 radical (unpaired) electrons. The molecule has 0 bridgehead atoms. The lowest BCUT2D eigenvalue weighted by molar-refractivity contribution is 0.0636. The fraction of sp³-hybridized carbons (Fsp3) is 0.308. The van der Waals surface area contributed by atoms with E-state index >= 15 is 0 Å². The Hall–Kier alpha value is -1.20. The normalized spacial score (nSPS) is 11.6. The minimum Gasteiger partial charge on any atom is -0.463 e. The summed E-state index contributed by atoms with van der Waals surface area (Å²) < 4.78 is 11.2. The summed E-state index contributed by atoms with van der Waals surface area (Å²) in [4.78, 5) is 11.8. The van der Waals surface area contributed by atoms with Gasteiger partial charge in [0.15, 0.2) is 5.58 Å². The molecule has 1 N–H and O–H groups in total. The van der Waals surface area contributed by atoms with Gasteiger partial charge in [-0.2, -0.15) is 0 Å². The van der Waals surface area contributed by atoms with Crippen LogP contribution < -0.4 is 5.32 Å². The van der Waals surface area contributed by atoms with Gasteiger partial charge in [-0.3, -0.25) is 5.32 Å². The minimum absolute atomic E-state index is 0.474. The SMILES string of the molecule is CC(C)(C)OC(=O)Nc1c(Br)cc(Cl)c2occc12. The zero-order valence-electron chi connectivity index (χ0n) is 10.7. The molecule has 0 saturated heterocycles. The van der Waals surface area contributed by atoms with Crippen LogP contribution in [0.5, 0.6) is 0 Å². The number of anilines is 1. The van der Waals surface area contributed by atoms with Crippen molar-refractivity contribution >= 4 is 50.3 Å². The number of carbonyl (C=O) groups excluding carboxylic acids is 1. The summed E-state index contributed by atoms with van der Waals surface area (Å²) in [7, 11) is 0. The highest BCUT2D eigenvalue weighted by Gasteiger charge is 2.19. The smallest absolute Gasteiger partial charge is 0.412 e. The van der Waals surface area contributed by atoms with Crippen LogP contribution in [0.25, 0.3) is 11.0 Å². The Bertz CT molecular complexity index is 631. The molecule has 2 aromatic rings. The third-order valence-electron chi connectivity index (χ3n) is 2.27. The Morgan fingerprint density at radius 2 is 2.16 bits per heavy atom. The first-order valence-electron chi connectivity index (χ1n) is 5.63. The van der Waals surface area contributed by atoms with Crippen LogP contribution in [0.2, 0.25) is 5.02 Å². The van der Waals surface area contributed by atoms with Crippen LogP contribution >= 0.6 is 27.5 Å². The van der Waals surface area contributed by atoms with Gasteiger partial charge in [0.25, 0.3) is 0 Å². The second-order valence-electron chi connectivity index (χ2n) is 5.01. The standard InChI is InChI=1S/C13H13BrClNO3/c1-13(2,3)19-12(17)16-10-7-4-5-18-11(7)9(15)6-8(10)14/h4-6H,1-3H3,(H,16,17). The molecule has 0 aliphatic rings. The van der Waals surface area contributed by atoms with Crippen LogP contribution in [0.4, 0.5) is 10.5 Å². The second-order valence-corrected chi connectivity index (χ2v) is 6.27. The van der Waals surface area contributed by atoms with Crippen LogP contribution in [0.15, 0.2) is 27.3 Å². The van der Waals surface area contributed by atoms with Gasteiger partial charge in [0.05, 0.1) is 17.0 Å². The lowest BCUT2D eigenvalue weighted by Gasteiger charge is -2.20. The van der Waals surface area contributed by atoms with E-state index in [1.807, 2.05) is 0 Å². The van der Waals surface area contributed by atoms with E-state index in [-0.39, 0.29) is 0 Å². The number of nitrogens with one attached hydrogen (secondary N) is 1. The van der Waals surface area contributed by atoms with E-state index in [1.54, 1.807) is 32.9 Å². The van der Waals surface area contributed by atoms with E-state index in [1.165, 1.54) is 6.26 Å². The van der Waals surface area contributed by atoms with Crippen molar-refractivity contribution < 1.29 is 13.9 Å². The summed E-state index contributed by atoms with van der Waals surface area (Å²) in [5.74, 6) is 0. The Morgan fingerprint density at radius 1 is 1.47 bits per heavy atom. The molecule has 0 atom stereocenters. The monoisotopic (exact) mass is 345 g/mol. The molecule has 0 aliphatic carbocycles. The summed E-state index contributed by atoms with van der Waals surface area (Å²) in [6.07, 6.45) is 0.988. The highest BCUT2D eigenvalue weighted by molar-refractivity contribution is 9.10. The molecule has 1 aromatic heterocycles. The third kappa shape index (κ3) is 3.22. The lowest BCUT2D eigenvalue weighted by Crippen LogP contribution is -2.27. The number of hydrogen-bond donors (Lipinski definition) is 1. The molecule has 1 amide bonds. The summed E-state index contributed by atoms with van der Waals surface area (Å²) in [5.41, 5.74) is 0.539. The topological polar surface area (TPSA) is 51.5 Å². The van der Waals surface area contributed by atoms with Gasteiger partial charge in [0.1, 0.15) is 5.60 Å². The van der Waals surface area contributed by atoms with E-state index in [0.717, 1.165) is 0 Å². The number of fused-ring (bicyclic) bond motifs is 1. The summed E-state index contributed by atoms with van der Waals surface area (Å²) in [6, 6.07) is 3.40. The average Bonchev–Trinajstić information content (AvgIpc) is 2.70. The van der Waals surface area contributed by atoms with E-state index in [2.05, 4.69) is 21.2 Å². The quantitative estimate of drug-likeness (QED) is 0.772. The zero-order valence-corrected chi connectivity index (χ0v) is 13.1. The molecule has 0 aliphatic heterocycles. The van der Waals surface area contributed by atoms with Gasteiger partial charge in [-0.25, -0.2) is 4.79 Å². The van der Waals surface area contributed by atoms with Crippen LogP contribution in [0, 0.1) is 0 Å². The van der Waals surface area contributed by atoms with Crippen molar-refractivity contribution in [3.8, 4) is 0 Å². The largest absolute Gasteiger partial charge is 0.463 e. The molecule has 6 heteroatoms. The van der Waals surface area contributed by atoms with Crippen molar-refractivity contribution in [2.45, 2.75) is 26.4 Å². The van der Waals surface area contributed by atoms with Gasteiger partial charge in [-0.15, -0.1) is 0 Å². The molecule has 0 saturated carbocycles. The predicted molar refractivity (Wildman–Crippen MR) is 78.8 cm³/mol. The number of halogens is 2. The number of furan rings is 1. The van der Waals surface area contributed by atoms with E-state index in [9.17, 15) is 4.79 Å². The molecule has 0 unspecified atom stereocenters. The zero-order chi connectivity index (χ0) is 14.2. The predicted octanol–water partition coefficient (Wildman–Crippen LogP) is 5.20. The number of benzene rings is 1. The maximum absolute atomic E-state index is 11.8. The van der Waals surface area contributed by atoms with Gasteiger partial charge in [-0.05, 0) is 48.8 Å². The molecule has 1 aromatic carbocycles. The summed E-state index contributed by atoms with van der Waals surface area (Å²) >= 11 is 9.42. The number of rotatable bonds is 1. The fourth-order valence-corrected chi connectivity index (χ4v) is 2.53. The van der Waals surface area contributed by atoms with Crippen molar-refractivity contribution in [1.82, 2.24) is 0 Å². The maximum Gasteiger partial charge on any atom is 0.412 e. The molecule has 102 valence electrons. The molecule has 1 heterocycles.